The second kappa shape index (κ2) is 5.09. The average molecular weight is 261 g/mol. The second-order valence-electron chi connectivity index (χ2n) is 4.55. The number of benzene rings is 1. The van der Waals surface area contributed by atoms with E-state index in [0.717, 1.165) is 10.9 Å². The van der Waals surface area contributed by atoms with Crippen molar-refractivity contribution in [3.05, 3.63) is 40.6 Å². The lowest BCUT2D eigenvalue weighted by Gasteiger charge is -2.11. The van der Waals surface area contributed by atoms with E-state index < -0.39 is 4.92 Å². The van der Waals surface area contributed by atoms with Gasteiger partial charge in [-0.25, -0.2) is 0 Å². The van der Waals surface area contributed by atoms with Gasteiger partial charge in [0.25, 0.3) is 5.69 Å². The molecule has 2 aromatic rings. The Hall–Kier alpha value is -2.37. The van der Waals surface area contributed by atoms with Gasteiger partial charge >= 0.3 is 0 Å². The van der Waals surface area contributed by atoms with Crippen LogP contribution in [0.2, 0.25) is 0 Å². The van der Waals surface area contributed by atoms with Crippen molar-refractivity contribution in [3.8, 4) is 0 Å². The Bertz CT molecular complexity index is 631. The van der Waals surface area contributed by atoms with Crippen LogP contribution in [0, 0.1) is 10.1 Å². The van der Waals surface area contributed by atoms with Crippen molar-refractivity contribution in [1.82, 2.24) is 9.47 Å². The average Bonchev–Trinajstić information content (AvgIpc) is 2.77. The molecule has 0 radical (unpaired) electrons. The molecule has 1 aromatic carbocycles. The molecule has 0 spiro atoms. The van der Waals surface area contributed by atoms with Gasteiger partial charge in [0.05, 0.1) is 10.4 Å². The lowest BCUT2D eigenvalue weighted by atomic mass is 10.2. The molecule has 0 bridgehead atoms. The van der Waals surface area contributed by atoms with Crippen LogP contribution in [0.5, 0.6) is 0 Å². The van der Waals surface area contributed by atoms with Crippen LogP contribution in [0.15, 0.2) is 30.5 Å². The number of nitrogens with zero attached hydrogens (tertiary/aromatic N) is 3. The summed E-state index contributed by atoms with van der Waals surface area (Å²) in [6, 6.07) is 6.63. The monoisotopic (exact) mass is 261 g/mol. The summed E-state index contributed by atoms with van der Waals surface area (Å²) in [6.07, 6.45) is 2.22. The van der Waals surface area contributed by atoms with Crippen LogP contribution in [0.1, 0.15) is 6.42 Å². The van der Waals surface area contributed by atoms with E-state index in [2.05, 4.69) is 0 Å². The smallest absolute Gasteiger partial charge is 0.271 e. The van der Waals surface area contributed by atoms with Crippen LogP contribution in [-0.2, 0) is 11.3 Å². The fraction of sp³-hybridized carbons (Fsp3) is 0.308. The first-order chi connectivity index (χ1) is 8.99. The van der Waals surface area contributed by atoms with Crippen LogP contribution < -0.4 is 0 Å². The van der Waals surface area contributed by atoms with Crippen molar-refractivity contribution < 1.29 is 9.72 Å². The van der Waals surface area contributed by atoms with Crippen LogP contribution in [0.4, 0.5) is 5.69 Å². The van der Waals surface area contributed by atoms with Crippen molar-refractivity contribution >= 4 is 22.5 Å². The Kier molecular flexibility index (Phi) is 3.50. The van der Waals surface area contributed by atoms with E-state index in [-0.39, 0.29) is 11.6 Å². The van der Waals surface area contributed by atoms with Crippen molar-refractivity contribution in [1.29, 1.82) is 0 Å². The number of rotatable bonds is 4. The van der Waals surface area contributed by atoms with Gasteiger partial charge in [-0.05, 0) is 12.1 Å². The highest BCUT2D eigenvalue weighted by molar-refractivity contribution is 5.82. The summed E-state index contributed by atoms with van der Waals surface area (Å²) in [6.45, 7) is 0.516. The number of hydrogen-bond donors (Lipinski definition) is 0. The third-order valence-corrected chi connectivity index (χ3v) is 3.03. The van der Waals surface area contributed by atoms with Crippen LogP contribution in [0.3, 0.4) is 0 Å². The Balaban J connectivity index is 2.26. The first kappa shape index (κ1) is 13.1. The van der Waals surface area contributed by atoms with Gasteiger partial charge in [-0.1, -0.05) is 0 Å². The van der Waals surface area contributed by atoms with Gasteiger partial charge in [0.2, 0.25) is 5.91 Å². The summed E-state index contributed by atoms with van der Waals surface area (Å²) < 4.78 is 1.86. The van der Waals surface area contributed by atoms with Crippen molar-refractivity contribution in [2.24, 2.45) is 0 Å². The number of nitro groups is 1. The highest BCUT2D eigenvalue weighted by atomic mass is 16.6. The Morgan fingerprint density at radius 2 is 2.11 bits per heavy atom. The zero-order valence-electron chi connectivity index (χ0n) is 10.9. The molecule has 0 N–H and O–H groups in total. The summed E-state index contributed by atoms with van der Waals surface area (Å²) in [7, 11) is 3.42. The van der Waals surface area contributed by atoms with E-state index in [1.807, 2.05) is 16.8 Å². The predicted octanol–water partition coefficient (Wildman–Crippen LogP) is 2.03. The minimum absolute atomic E-state index is 0.0345. The maximum atomic E-state index is 11.6. The minimum Gasteiger partial charge on any atom is -0.349 e. The number of carbonyl (C=O) groups is 1. The van der Waals surface area contributed by atoms with Crippen molar-refractivity contribution in [3.63, 3.8) is 0 Å². The number of aryl methyl sites for hydroxylation is 1. The number of aromatic nitrogens is 1. The predicted molar refractivity (Wildman–Crippen MR) is 71.9 cm³/mol. The SMILES string of the molecule is CN(C)C(=O)CCn1ccc2ccc([N+](=O)[O-])cc21. The normalized spacial score (nSPS) is 10.6. The molecule has 0 aliphatic heterocycles. The molecule has 1 amide bonds. The lowest BCUT2D eigenvalue weighted by Crippen LogP contribution is -2.22. The van der Waals surface area contributed by atoms with Gasteiger partial charge in [-0.3, -0.25) is 14.9 Å². The molecule has 0 saturated carbocycles. The van der Waals surface area contributed by atoms with Crippen LogP contribution in [-0.4, -0.2) is 34.4 Å². The van der Waals surface area contributed by atoms with Crippen LogP contribution in [0.25, 0.3) is 10.9 Å². The van der Waals surface area contributed by atoms with E-state index in [1.165, 1.54) is 17.0 Å². The molecular formula is C13H15N3O3. The Labute approximate surface area is 110 Å². The number of carbonyl (C=O) groups excluding carboxylic acids is 1. The standard InChI is InChI=1S/C13H15N3O3/c1-14(2)13(17)6-8-15-7-5-10-3-4-11(16(18)19)9-12(10)15/h3-5,7,9H,6,8H2,1-2H3. The first-order valence-corrected chi connectivity index (χ1v) is 5.92. The Morgan fingerprint density at radius 3 is 2.74 bits per heavy atom. The largest absolute Gasteiger partial charge is 0.349 e. The molecule has 6 heteroatoms. The number of fused-ring (bicyclic) bond motifs is 1. The summed E-state index contributed by atoms with van der Waals surface area (Å²) in [5.74, 6) is 0.0345. The Morgan fingerprint density at radius 1 is 1.37 bits per heavy atom. The number of non-ortho nitro benzene ring substituents is 1. The van der Waals surface area contributed by atoms with Crippen molar-refractivity contribution in [2.45, 2.75) is 13.0 Å². The van der Waals surface area contributed by atoms with Gasteiger partial charge in [-0.15, -0.1) is 0 Å². The van der Waals surface area contributed by atoms with E-state index in [4.69, 9.17) is 0 Å². The topological polar surface area (TPSA) is 68.4 Å². The molecule has 1 heterocycles. The summed E-state index contributed by atoms with van der Waals surface area (Å²) in [5, 5.41) is 11.7. The number of hydrogen-bond acceptors (Lipinski definition) is 3. The lowest BCUT2D eigenvalue weighted by molar-refractivity contribution is -0.384. The van der Waals surface area contributed by atoms with Crippen LogP contribution >= 0.6 is 0 Å². The molecule has 0 unspecified atom stereocenters. The number of amides is 1. The minimum atomic E-state index is -0.415. The molecule has 0 aliphatic rings. The van der Waals surface area contributed by atoms with Gasteiger partial charge < -0.3 is 9.47 Å². The molecule has 100 valence electrons. The highest BCUT2D eigenvalue weighted by Crippen LogP contribution is 2.22. The first-order valence-electron chi connectivity index (χ1n) is 5.92. The van der Waals surface area contributed by atoms with E-state index in [9.17, 15) is 14.9 Å². The maximum absolute atomic E-state index is 11.6. The van der Waals surface area contributed by atoms with E-state index in [0.29, 0.717) is 13.0 Å². The van der Waals surface area contributed by atoms with E-state index in [1.54, 1.807) is 20.2 Å². The summed E-state index contributed by atoms with van der Waals surface area (Å²) in [5.41, 5.74) is 0.840. The van der Waals surface area contributed by atoms with Gasteiger partial charge in [-0.2, -0.15) is 0 Å². The van der Waals surface area contributed by atoms with Gasteiger partial charge in [0.1, 0.15) is 0 Å². The maximum Gasteiger partial charge on any atom is 0.271 e. The quantitative estimate of drug-likeness (QED) is 0.624. The molecule has 2 rings (SSSR count). The number of nitro benzene ring substituents is 1. The molecule has 1 aromatic heterocycles. The van der Waals surface area contributed by atoms with Gasteiger partial charge in [0, 0.05) is 50.8 Å². The molecule has 0 aliphatic carbocycles. The summed E-state index contributed by atoms with van der Waals surface area (Å²) >= 11 is 0. The molecule has 0 atom stereocenters. The zero-order valence-corrected chi connectivity index (χ0v) is 10.9. The fourth-order valence-corrected chi connectivity index (χ4v) is 1.92. The molecule has 6 nitrogen and oxygen atoms in total. The zero-order chi connectivity index (χ0) is 14.0. The third kappa shape index (κ3) is 2.73. The molecule has 0 fully saturated rings. The second-order valence-corrected chi connectivity index (χ2v) is 4.55. The van der Waals surface area contributed by atoms with Crippen molar-refractivity contribution in [2.75, 3.05) is 14.1 Å². The molecule has 0 saturated heterocycles. The third-order valence-electron chi connectivity index (χ3n) is 3.03. The highest BCUT2D eigenvalue weighted by Gasteiger charge is 2.10. The molecular weight excluding hydrogens is 246 g/mol. The van der Waals surface area contributed by atoms with Gasteiger partial charge in [0.15, 0.2) is 0 Å². The summed E-state index contributed by atoms with van der Waals surface area (Å²) in [4.78, 5) is 23.4. The molecule has 19 heavy (non-hydrogen) atoms. The fourth-order valence-electron chi connectivity index (χ4n) is 1.92. The van der Waals surface area contributed by atoms with E-state index >= 15 is 0 Å².